The summed E-state index contributed by atoms with van der Waals surface area (Å²) in [6.07, 6.45) is -0.976. The Hall–Kier alpha value is -2.86. The molecule has 6 nitrogen and oxygen atoms in total. The zero-order valence-electron chi connectivity index (χ0n) is 14.7. The fourth-order valence-electron chi connectivity index (χ4n) is 2.79. The van der Waals surface area contributed by atoms with Crippen LogP contribution in [0.2, 0.25) is 5.02 Å². The molecule has 1 amide bonds. The summed E-state index contributed by atoms with van der Waals surface area (Å²) < 4.78 is 10.6. The third-order valence-electron chi connectivity index (χ3n) is 4.13. The van der Waals surface area contributed by atoms with E-state index in [4.69, 9.17) is 21.1 Å². The van der Waals surface area contributed by atoms with Crippen molar-refractivity contribution in [3.05, 3.63) is 59.1 Å². The zero-order chi connectivity index (χ0) is 19.4. The van der Waals surface area contributed by atoms with Crippen LogP contribution in [0, 0.1) is 0 Å². The van der Waals surface area contributed by atoms with E-state index in [1.807, 2.05) is 6.07 Å². The van der Waals surface area contributed by atoms with Crippen LogP contribution in [0.25, 0.3) is 0 Å². The van der Waals surface area contributed by atoms with Gasteiger partial charge in [0, 0.05) is 17.1 Å². The van der Waals surface area contributed by atoms with Crippen LogP contribution in [0.3, 0.4) is 0 Å². The number of hydrogen-bond donors (Lipinski definition) is 0. The molecule has 27 heavy (non-hydrogen) atoms. The SMILES string of the molecule is CC(OC(=O)CCN1C(=O)COc2ccccc21)C(=O)c1cccc(Cl)c1. The number of benzene rings is 2. The standard InChI is InChI=1S/C20H18ClNO5/c1-13(20(25)14-5-4-6-15(21)11-14)27-19(24)9-10-22-16-7-2-3-8-17(16)26-12-18(22)23/h2-8,11,13H,9-10,12H2,1H3. The average Bonchev–Trinajstić information content (AvgIpc) is 2.66. The topological polar surface area (TPSA) is 72.9 Å². The first kappa shape index (κ1) is 18.9. The number of nitrogens with zero attached hydrogens (tertiary/aromatic N) is 1. The minimum absolute atomic E-state index is 0.0345. The molecule has 1 aliphatic heterocycles. The molecule has 0 N–H and O–H groups in total. The van der Waals surface area contributed by atoms with Gasteiger partial charge in [-0.15, -0.1) is 0 Å². The average molecular weight is 388 g/mol. The normalized spacial score (nSPS) is 14.1. The lowest BCUT2D eigenvalue weighted by Gasteiger charge is -2.29. The number of para-hydroxylation sites is 2. The highest BCUT2D eigenvalue weighted by atomic mass is 35.5. The third-order valence-corrected chi connectivity index (χ3v) is 4.37. The summed E-state index contributed by atoms with van der Waals surface area (Å²) in [5, 5.41) is 0.434. The highest BCUT2D eigenvalue weighted by molar-refractivity contribution is 6.31. The fourth-order valence-corrected chi connectivity index (χ4v) is 2.98. The second-order valence-electron chi connectivity index (χ2n) is 6.06. The van der Waals surface area contributed by atoms with Crippen LogP contribution >= 0.6 is 11.6 Å². The number of ketones is 1. The molecule has 0 aliphatic carbocycles. The Balaban J connectivity index is 1.58. The summed E-state index contributed by atoms with van der Waals surface area (Å²) in [6, 6.07) is 13.6. The molecule has 2 aromatic carbocycles. The molecule has 0 saturated heterocycles. The molecule has 140 valence electrons. The minimum atomic E-state index is -0.941. The van der Waals surface area contributed by atoms with Crippen LogP contribution in [0.1, 0.15) is 23.7 Å². The van der Waals surface area contributed by atoms with Gasteiger partial charge in [-0.25, -0.2) is 0 Å². The Labute approximate surface area is 161 Å². The molecule has 7 heteroatoms. The van der Waals surface area contributed by atoms with Crippen LogP contribution in [0.15, 0.2) is 48.5 Å². The first-order valence-electron chi connectivity index (χ1n) is 8.47. The van der Waals surface area contributed by atoms with Gasteiger partial charge in [-0.3, -0.25) is 14.4 Å². The third kappa shape index (κ3) is 4.46. The largest absolute Gasteiger partial charge is 0.482 e. The number of ether oxygens (including phenoxy) is 2. The number of esters is 1. The van der Waals surface area contributed by atoms with Crippen molar-refractivity contribution in [1.82, 2.24) is 0 Å². The highest BCUT2D eigenvalue weighted by Crippen LogP contribution is 2.31. The number of anilines is 1. The van der Waals surface area contributed by atoms with Gasteiger partial charge in [-0.05, 0) is 31.2 Å². The van der Waals surface area contributed by atoms with Gasteiger partial charge in [0.15, 0.2) is 12.7 Å². The molecule has 0 saturated carbocycles. The summed E-state index contributed by atoms with van der Waals surface area (Å²) in [4.78, 5) is 38.1. The van der Waals surface area contributed by atoms with E-state index in [1.54, 1.807) is 36.4 Å². The Morgan fingerprint density at radius 3 is 2.78 bits per heavy atom. The maximum atomic E-state index is 12.3. The van der Waals surface area contributed by atoms with Gasteiger partial charge in [-0.1, -0.05) is 35.9 Å². The van der Waals surface area contributed by atoms with Gasteiger partial charge in [0.1, 0.15) is 5.75 Å². The van der Waals surface area contributed by atoms with Gasteiger partial charge in [0.25, 0.3) is 5.91 Å². The molecule has 0 bridgehead atoms. The van der Waals surface area contributed by atoms with E-state index >= 15 is 0 Å². The summed E-state index contributed by atoms with van der Waals surface area (Å²) in [7, 11) is 0. The van der Waals surface area contributed by atoms with Crippen molar-refractivity contribution in [2.24, 2.45) is 0 Å². The molecule has 0 radical (unpaired) electrons. The predicted molar refractivity (Wildman–Crippen MR) is 100 cm³/mol. The Kier molecular flexibility index (Phi) is 5.76. The summed E-state index contributed by atoms with van der Waals surface area (Å²) in [6.45, 7) is 1.59. The molecule has 1 aliphatic rings. The predicted octanol–water partition coefficient (Wildman–Crippen LogP) is 3.27. The van der Waals surface area contributed by atoms with Crippen molar-refractivity contribution in [3.63, 3.8) is 0 Å². The number of hydrogen-bond acceptors (Lipinski definition) is 5. The van der Waals surface area contributed by atoms with E-state index in [2.05, 4.69) is 0 Å². The molecular formula is C20H18ClNO5. The number of rotatable bonds is 6. The molecule has 1 heterocycles. The van der Waals surface area contributed by atoms with Gasteiger partial charge < -0.3 is 14.4 Å². The van der Waals surface area contributed by atoms with Crippen molar-refractivity contribution < 1.29 is 23.9 Å². The molecular weight excluding hydrogens is 370 g/mol. The van der Waals surface area contributed by atoms with E-state index in [0.717, 1.165) is 0 Å². The van der Waals surface area contributed by atoms with E-state index < -0.39 is 12.1 Å². The van der Waals surface area contributed by atoms with E-state index in [1.165, 1.54) is 17.9 Å². The van der Waals surface area contributed by atoms with Crippen LogP contribution in [0.4, 0.5) is 5.69 Å². The summed E-state index contributed by atoms with van der Waals surface area (Å²) >= 11 is 5.88. The molecule has 1 atom stereocenters. The lowest BCUT2D eigenvalue weighted by Crippen LogP contribution is -2.40. The molecule has 0 spiro atoms. The van der Waals surface area contributed by atoms with Gasteiger partial charge >= 0.3 is 5.97 Å². The van der Waals surface area contributed by atoms with Crippen molar-refractivity contribution in [1.29, 1.82) is 0 Å². The number of fused-ring (bicyclic) bond motifs is 1. The monoisotopic (exact) mass is 387 g/mol. The van der Waals surface area contributed by atoms with Crippen molar-refractivity contribution in [2.45, 2.75) is 19.4 Å². The second kappa shape index (κ2) is 8.22. The Morgan fingerprint density at radius 1 is 1.22 bits per heavy atom. The van der Waals surface area contributed by atoms with Gasteiger partial charge in [0.05, 0.1) is 12.1 Å². The first-order valence-corrected chi connectivity index (χ1v) is 8.85. The lowest BCUT2D eigenvalue weighted by molar-refractivity contribution is -0.146. The first-order chi connectivity index (χ1) is 13.0. The quantitative estimate of drug-likeness (QED) is 0.562. The van der Waals surface area contributed by atoms with Crippen LogP contribution in [-0.4, -0.2) is 36.9 Å². The van der Waals surface area contributed by atoms with E-state index in [0.29, 0.717) is 22.0 Å². The number of halogens is 1. The lowest BCUT2D eigenvalue weighted by atomic mass is 10.1. The van der Waals surface area contributed by atoms with Crippen molar-refractivity contribution in [3.8, 4) is 5.75 Å². The highest BCUT2D eigenvalue weighted by Gasteiger charge is 2.26. The molecule has 3 rings (SSSR count). The van der Waals surface area contributed by atoms with Crippen LogP contribution in [0.5, 0.6) is 5.75 Å². The van der Waals surface area contributed by atoms with Crippen LogP contribution in [-0.2, 0) is 14.3 Å². The van der Waals surface area contributed by atoms with Crippen LogP contribution < -0.4 is 9.64 Å². The number of Topliss-reactive ketones (excluding diaryl/α,β-unsaturated/α-hetero) is 1. The molecule has 0 fully saturated rings. The van der Waals surface area contributed by atoms with Gasteiger partial charge in [-0.2, -0.15) is 0 Å². The summed E-state index contributed by atoms with van der Waals surface area (Å²) in [5.41, 5.74) is 0.990. The minimum Gasteiger partial charge on any atom is -0.482 e. The Morgan fingerprint density at radius 2 is 2.00 bits per heavy atom. The van der Waals surface area contributed by atoms with E-state index in [-0.39, 0.29) is 31.3 Å². The fraction of sp³-hybridized carbons (Fsp3) is 0.250. The second-order valence-corrected chi connectivity index (χ2v) is 6.49. The van der Waals surface area contributed by atoms with E-state index in [9.17, 15) is 14.4 Å². The van der Waals surface area contributed by atoms with Gasteiger partial charge in [0.2, 0.25) is 5.78 Å². The summed E-state index contributed by atoms with van der Waals surface area (Å²) in [5.74, 6) is -0.534. The maximum Gasteiger partial charge on any atom is 0.308 e. The van der Waals surface area contributed by atoms with Crippen molar-refractivity contribution in [2.75, 3.05) is 18.1 Å². The molecule has 2 aromatic rings. The Bertz CT molecular complexity index is 882. The zero-order valence-corrected chi connectivity index (χ0v) is 15.4. The number of carbonyl (C=O) groups excluding carboxylic acids is 3. The number of carbonyl (C=O) groups is 3. The smallest absolute Gasteiger partial charge is 0.308 e. The molecule has 1 unspecified atom stereocenters. The molecule has 0 aromatic heterocycles. The maximum absolute atomic E-state index is 12.3. The number of amides is 1. The van der Waals surface area contributed by atoms with Crippen molar-refractivity contribution >= 4 is 34.9 Å².